The van der Waals surface area contributed by atoms with Crippen molar-refractivity contribution in [2.45, 2.75) is 20.5 Å². The van der Waals surface area contributed by atoms with Crippen molar-refractivity contribution in [3.05, 3.63) is 88.2 Å². The standard InChI is InChI=1S/C23H21ClFNO2/c1-3-27-23-12-17(14-26-21-13-19(24)10-8-16(21)2)9-11-22(23)28-15-18-6-4-5-7-20(18)25/h4-14H,3,15H2,1-2H3. The summed E-state index contributed by atoms with van der Waals surface area (Å²) in [6.45, 7) is 4.50. The minimum atomic E-state index is -0.291. The molecule has 0 saturated carbocycles. The summed E-state index contributed by atoms with van der Waals surface area (Å²) in [5.41, 5.74) is 3.20. The molecule has 0 N–H and O–H groups in total. The van der Waals surface area contributed by atoms with Gasteiger partial charge in [0.2, 0.25) is 0 Å². The summed E-state index contributed by atoms with van der Waals surface area (Å²) in [4.78, 5) is 4.52. The maximum absolute atomic E-state index is 13.8. The average molecular weight is 398 g/mol. The minimum absolute atomic E-state index is 0.127. The molecule has 0 aliphatic carbocycles. The Labute approximate surface area is 169 Å². The zero-order valence-corrected chi connectivity index (χ0v) is 16.5. The van der Waals surface area contributed by atoms with Crippen molar-refractivity contribution in [3.8, 4) is 11.5 Å². The van der Waals surface area contributed by atoms with Crippen molar-refractivity contribution in [2.75, 3.05) is 6.61 Å². The number of ether oxygens (including phenoxy) is 2. The van der Waals surface area contributed by atoms with Gasteiger partial charge in [-0.3, -0.25) is 4.99 Å². The van der Waals surface area contributed by atoms with E-state index in [1.165, 1.54) is 6.07 Å². The Kier molecular flexibility index (Phi) is 6.66. The van der Waals surface area contributed by atoms with Gasteiger partial charge in [-0.05, 0) is 61.4 Å². The third-order valence-electron chi connectivity index (χ3n) is 4.13. The van der Waals surface area contributed by atoms with Gasteiger partial charge in [0.05, 0.1) is 12.3 Å². The van der Waals surface area contributed by atoms with Crippen LogP contribution in [0.3, 0.4) is 0 Å². The number of hydrogen-bond acceptors (Lipinski definition) is 3. The third kappa shape index (κ3) is 5.11. The Hall–Kier alpha value is -2.85. The molecule has 3 aromatic carbocycles. The first-order valence-corrected chi connectivity index (χ1v) is 9.38. The maximum atomic E-state index is 13.8. The maximum Gasteiger partial charge on any atom is 0.161 e. The molecule has 0 aromatic heterocycles. The van der Waals surface area contributed by atoms with E-state index >= 15 is 0 Å². The van der Waals surface area contributed by atoms with Gasteiger partial charge in [0.25, 0.3) is 0 Å². The number of aliphatic imine (C=N–C) groups is 1. The van der Waals surface area contributed by atoms with Crippen molar-refractivity contribution in [1.29, 1.82) is 0 Å². The smallest absolute Gasteiger partial charge is 0.161 e. The lowest BCUT2D eigenvalue weighted by molar-refractivity contribution is 0.266. The summed E-state index contributed by atoms with van der Waals surface area (Å²) in [5, 5.41) is 0.643. The molecule has 0 aliphatic rings. The minimum Gasteiger partial charge on any atom is -0.490 e. The van der Waals surface area contributed by atoms with Gasteiger partial charge in [0.1, 0.15) is 12.4 Å². The summed E-state index contributed by atoms with van der Waals surface area (Å²) < 4.78 is 25.3. The molecular weight excluding hydrogens is 377 g/mol. The fraction of sp³-hybridized carbons (Fsp3) is 0.174. The molecule has 3 aromatic rings. The molecule has 0 aliphatic heterocycles. The molecule has 3 nitrogen and oxygen atoms in total. The molecule has 0 heterocycles. The second-order valence-corrected chi connectivity index (χ2v) is 6.64. The molecule has 0 amide bonds. The molecule has 5 heteroatoms. The quantitative estimate of drug-likeness (QED) is 0.425. The Morgan fingerprint density at radius 3 is 2.61 bits per heavy atom. The van der Waals surface area contributed by atoms with Crippen molar-refractivity contribution < 1.29 is 13.9 Å². The summed E-state index contributed by atoms with van der Waals surface area (Å²) in [6.07, 6.45) is 1.75. The van der Waals surface area contributed by atoms with Gasteiger partial charge >= 0.3 is 0 Å². The lowest BCUT2D eigenvalue weighted by Crippen LogP contribution is -2.01. The van der Waals surface area contributed by atoms with E-state index in [0.717, 1.165) is 16.8 Å². The van der Waals surface area contributed by atoms with Crippen LogP contribution in [0.15, 0.2) is 65.7 Å². The second kappa shape index (κ2) is 9.38. The summed E-state index contributed by atoms with van der Waals surface area (Å²) in [7, 11) is 0. The summed E-state index contributed by atoms with van der Waals surface area (Å²) in [5.74, 6) is 0.855. The SMILES string of the molecule is CCOc1cc(C=Nc2cc(Cl)ccc2C)ccc1OCc1ccccc1F. The van der Waals surface area contributed by atoms with Crippen molar-refractivity contribution >= 4 is 23.5 Å². The Bertz CT molecular complexity index is 988. The Morgan fingerprint density at radius 1 is 1.00 bits per heavy atom. The van der Waals surface area contributed by atoms with Crippen LogP contribution in [0.4, 0.5) is 10.1 Å². The number of aryl methyl sites for hydroxylation is 1. The first kappa shape index (κ1) is 19.9. The lowest BCUT2D eigenvalue weighted by atomic mass is 10.2. The molecule has 0 radical (unpaired) electrons. The largest absolute Gasteiger partial charge is 0.490 e. The number of nitrogens with zero attached hydrogens (tertiary/aromatic N) is 1. The second-order valence-electron chi connectivity index (χ2n) is 6.21. The first-order chi connectivity index (χ1) is 13.6. The average Bonchev–Trinajstić information content (AvgIpc) is 2.69. The van der Waals surface area contributed by atoms with E-state index in [4.69, 9.17) is 21.1 Å². The van der Waals surface area contributed by atoms with Crippen molar-refractivity contribution in [2.24, 2.45) is 4.99 Å². The Balaban J connectivity index is 1.79. The van der Waals surface area contributed by atoms with E-state index in [1.54, 1.807) is 30.5 Å². The monoisotopic (exact) mass is 397 g/mol. The van der Waals surface area contributed by atoms with Crippen LogP contribution in [0.2, 0.25) is 5.02 Å². The van der Waals surface area contributed by atoms with E-state index in [-0.39, 0.29) is 12.4 Å². The molecule has 0 unspecified atom stereocenters. The van der Waals surface area contributed by atoms with Crippen LogP contribution in [0, 0.1) is 12.7 Å². The molecule has 0 fully saturated rings. The van der Waals surface area contributed by atoms with Crippen LogP contribution < -0.4 is 9.47 Å². The van der Waals surface area contributed by atoms with Crippen LogP contribution in [-0.4, -0.2) is 12.8 Å². The summed E-state index contributed by atoms with van der Waals surface area (Å²) >= 11 is 6.05. The van der Waals surface area contributed by atoms with Gasteiger partial charge in [0.15, 0.2) is 11.5 Å². The predicted molar refractivity (Wildman–Crippen MR) is 112 cm³/mol. The fourth-order valence-corrected chi connectivity index (χ4v) is 2.80. The zero-order chi connectivity index (χ0) is 19.9. The molecular formula is C23H21ClFNO2. The lowest BCUT2D eigenvalue weighted by Gasteiger charge is -2.13. The van der Waals surface area contributed by atoms with E-state index < -0.39 is 0 Å². The normalized spacial score (nSPS) is 11.0. The predicted octanol–water partition coefficient (Wildman–Crippen LogP) is 6.52. The number of benzene rings is 3. The topological polar surface area (TPSA) is 30.8 Å². The van der Waals surface area contributed by atoms with Crippen LogP contribution in [0.5, 0.6) is 11.5 Å². The molecule has 0 saturated heterocycles. The van der Waals surface area contributed by atoms with Gasteiger partial charge in [0, 0.05) is 16.8 Å². The van der Waals surface area contributed by atoms with Crippen LogP contribution in [-0.2, 0) is 6.61 Å². The highest BCUT2D eigenvalue weighted by molar-refractivity contribution is 6.30. The molecule has 144 valence electrons. The van der Waals surface area contributed by atoms with Gasteiger partial charge in [-0.1, -0.05) is 35.9 Å². The van der Waals surface area contributed by atoms with Gasteiger partial charge in [-0.25, -0.2) is 4.39 Å². The number of halogens is 2. The summed E-state index contributed by atoms with van der Waals surface area (Å²) in [6, 6.07) is 17.7. The molecule has 0 bridgehead atoms. The molecule has 3 rings (SSSR count). The number of rotatable bonds is 7. The van der Waals surface area contributed by atoms with Crippen molar-refractivity contribution in [1.82, 2.24) is 0 Å². The van der Waals surface area contributed by atoms with E-state index in [9.17, 15) is 4.39 Å². The fourth-order valence-electron chi connectivity index (χ4n) is 2.63. The van der Waals surface area contributed by atoms with Crippen LogP contribution in [0.25, 0.3) is 0 Å². The van der Waals surface area contributed by atoms with Crippen molar-refractivity contribution in [3.63, 3.8) is 0 Å². The van der Waals surface area contributed by atoms with Gasteiger partial charge in [-0.2, -0.15) is 0 Å². The van der Waals surface area contributed by atoms with E-state index in [1.807, 2.05) is 44.2 Å². The van der Waals surface area contributed by atoms with E-state index in [0.29, 0.717) is 28.7 Å². The number of hydrogen-bond donors (Lipinski definition) is 0. The van der Waals surface area contributed by atoms with E-state index in [2.05, 4.69) is 4.99 Å². The highest BCUT2D eigenvalue weighted by atomic mass is 35.5. The third-order valence-corrected chi connectivity index (χ3v) is 4.37. The van der Waals surface area contributed by atoms with Crippen LogP contribution in [0.1, 0.15) is 23.6 Å². The van der Waals surface area contributed by atoms with Gasteiger partial charge in [-0.15, -0.1) is 0 Å². The van der Waals surface area contributed by atoms with Gasteiger partial charge < -0.3 is 9.47 Å². The molecule has 28 heavy (non-hydrogen) atoms. The first-order valence-electron chi connectivity index (χ1n) is 9.00. The Morgan fingerprint density at radius 2 is 1.82 bits per heavy atom. The highest BCUT2D eigenvalue weighted by Gasteiger charge is 2.08. The highest BCUT2D eigenvalue weighted by Crippen LogP contribution is 2.30. The molecule has 0 spiro atoms. The van der Waals surface area contributed by atoms with Crippen LogP contribution >= 0.6 is 11.6 Å². The molecule has 0 atom stereocenters. The zero-order valence-electron chi connectivity index (χ0n) is 15.8.